The highest BCUT2D eigenvalue weighted by atomic mass is 32.1. The highest BCUT2D eigenvalue weighted by molar-refractivity contribution is 7.25. The third kappa shape index (κ3) is 2.53. The zero-order valence-corrected chi connectivity index (χ0v) is 22.5. The van der Waals surface area contributed by atoms with Gasteiger partial charge >= 0.3 is 0 Å². The van der Waals surface area contributed by atoms with Gasteiger partial charge in [0.15, 0.2) is 0 Å². The summed E-state index contributed by atoms with van der Waals surface area (Å²) in [7, 11) is 0. The van der Waals surface area contributed by atoms with Crippen LogP contribution in [0.1, 0.15) is 45.2 Å². The van der Waals surface area contributed by atoms with Crippen molar-refractivity contribution in [1.29, 1.82) is 0 Å². The highest BCUT2D eigenvalue weighted by Crippen LogP contribution is 2.58. The normalized spacial score (nSPS) is 17.0. The van der Waals surface area contributed by atoms with E-state index in [0.29, 0.717) is 0 Å². The lowest BCUT2D eigenvalue weighted by Gasteiger charge is -2.42. The molecule has 0 aliphatic heterocycles. The number of benzene rings is 6. The van der Waals surface area contributed by atoms with Crippen molar-refractivity contribution in [3.05, 3.63) is 161 Å². The fourth-order valence-corrected chi connectivity index (χ4v) is 8.94. The highest BCUT2D eigenvalue weighted by Gasteiger charge is 2.42. The van der Waals surface area contributed by atoms with E-state index in [2.05, 4.69) is 132 Å². The first-order valence-electron chi connectivity index (χ1n) is 14.0. The van der Waals surface area contributed by atoms with Gasteiger partial charge in [0, 0.05) is 48.5 Å². The summed E-state index contributed by atoms with van der Waals surface area (Å²) >= 11 is 1.88. The van der Waals surface area contributed by atoms with Crippen LogP contribution in [0, 0.1) is 0 Å². The smallest absolute Gasteiger partial charge is 0.0544 e. The fraction of sp³-hybridized carbons (Fsp3) is 0.0526. The van der Waals surface area contributed by atoms with Gasteiger partial charge in [0.05, 0.1) is 11.0 Å². The van der Waals surface area contributed by atoms with Crippen molar-refractivity contribution < 1.29 is 0 Å². The van der Waals surface area contributed by atoms with E-state index in [1.807, 2.05) is 11.3 Å². The molecular formula is C38H23NS. The average molecular weight is 526 g/mol. The van der Waals surface area contributed by atoms with Gasteiger partial charge in [-0.2, -0.15) is 0 Å². The van der Waals surface area contributed by atoms with Gasteiger partial charge in [-0.05, 0) is 69.8 Å². The quantitative estimate of drug-likeness (QED) is 0.201. The first-order chi connectivity index (χ1) is 19.9. The molecular weight excluding hydrogens is 502 g/mol. The molecule has 0 saturated carbocycles. The Bertz CT molecular complexity index is 2300. The maximum Gasteiger partial charge on any atom is 0.0544 e. The van der Waals surface area contributed by atoms with Crippen LogP contribution in [0.2, 0.25) is 0 Å². The Morgan fingerprint density at radius 1 is 0.450 bits per heavy atom. The second kappa shape index (κ2) is 7.50. The summed E-state index contributed by atoms with van der Waals surface area (Å²) in [6, 6.07) is 47.9. The van der Waals surface area contributed by atoms with E-state index in [9.17, 15) is 0 Å². The van der Waals surface area contributed by atoms with Crippen molar-refractivity contribution in [3.8, 4) is 5.69 Å². The topological polar surface area (TPSA) is 4.93 Å². The molecule has 186 valence electrons. The third-order valence-electron chi connectivity index (χ3n) is 9.37. The van der Waals surface area contributed by atoms with E-state index >= 15 is 0 Å². The molecule has 0 atom stereocenters. The summed E-state index contributed by atoms with van der Waals surface area (Å²) in [5, 5.41) is 5.42. The Balaban J connectivity index is 1.33. The van der Waals surface area contributed by atoms with Crippen molar-refractivity contribution in [1.82, 2.24) is 4.57 Å². The van der Waals surface area contributed by atoms with Gasteiger partial charge in [-0.25, -0.2) is 0 Å². The summed E-state index contributed by atoms with van der Waals surface area (Å²) < 4.78 is 5.18. The van der Waals surface area contributed by atoms with Gasteiger partial charge in [0.25, 0.3) is 0 Å². The minimum absolute atomic E-state index is 0.249. The molecule has 3 aliphatic rings. The lowest BCUT2D eigenvalue weighted by atomic mass is 9.60. The maximum atomic E-state index is 2.50. The van der Waals surface area contributed by atoms with Crippen molar-refractivity contribution >= 4 is 53.3 Å². The summed E-state index contributed by atoms with van der Waals surface area (Å²) in [4.78, 5) is 0. The molecule has 0 N–H and O–H groups in total. The van der Waals surface area contributed by atoms with Gasteiger partial charge < -0.3 is 4.57 Å². The zero-order chi connectivity index (χ0) is 25.9. The summed E-state index contributed by atoms with van der Waals surface area (Å²) in [5.41, 5.74) is 12.6. The maximum absolute atomic E-state index is 2.50. The molecule has 2 heteroatoms. The molecule has 0 amide bonds. The first-order valence-corrected chi connectivity index (χ1v) is 14.8. The SMILES string of the molecule is c1ccc2c(c1)C1c3ccccc3C2c2c1ccc1c2c2ccccc2n1-c1ccc2sc3ccccc3c2c1. The van der Waals surface area contributed by atoms with Gasteiger partial charge in [-0.15, -0.1) is 11.3 Å². The predicted molar refractivity (Wildman–Crippen MR) is 168 cm³/mol. The van der Waals surface area contributed by atoms with Crippen LogP contribution in [0.4, 0.5) is 0 Å². The number of hydrogen-bond donors (Lipinski definition) is 0. The number of fused-ring (bicyclic) bond motifs is 6. The minimum Gasteiger partial charge on any atom is -0.309 e. The van der Waals surface area contributed by atoms with Gasteiger partial charge in [-0.3, -0.25) is 0 Å². The Labute approximate surface area is 235 Å². The Kier molecular flexibility index (Phi) is 3.97. The van der Waals surface area contributed by atoms with Gasteiger partial charge in [0.1, 0.15) is 0 Å². The number of para-hydroxylation sites is 1. The number of thiophene rings is 1. The summed E-state index contributed by atoms with van der Waals surface area (Å²) in [6.07, 6.45) is 0. The standard InChI is InChI=1S/C38H23NS/c1-3-12-26-24(10-1)35-25-11-2-4-13-27(25)36(26)38-29(35)18-19-32-37(38)28-14-5-7-15-31(28)39(32)22-17-20-34-30(21-22)23-9-6-8-16-33(23)40-34/h1-21,35-36H. The Morgan fingerprint density at radius 3 is 1.85 bits per heavy atom. The third-order valence-corrected chi connectivity index (χ3v) is 10.5. The average Bonchev–Trinajstić information content (AvgIpc) is 3.56. The molecule has 2 heterocycles. The van der Waals surface area contributed by atoms with E-state index in [1.165, 1.54) is 81.0 Å². The van der Waals surface area contributed by atoms with Crippen LogP contribution in [-0.2, 0) is 0 Å². The Morgan fingerprint density at radius 2 is 1.07 bits per heavy atom. The predicted octanol–water partition coefficient (Wildman–Crippen LogP) is 10.1. The number of nitrogens with zero attached hydrogens (tertiary/aromatic N) is 1. The molecule has 11 rings (SSSR count). The van der Waals surface area contributed by atoms with Crippen molar-refractivity contribution in [2.24, 2.45) is 0 Å². The van der Waals surface area contributed by atoms with Crippen LogP contribution in [-0.4, -0.2) is 4.57 Å². The second-order valence-corrected chi connectivity index (χ2v) is 12.3. The largest absolute Gasteiger partial charge is 0.309 e. The number of hydrogen-bond acceptors (Lipinski definition) is 1. The van der Waals surface area contributed by atoms with E-state index in [4.69, 9.17) is 0 Å². The van der Waals surface area contributed by atoms with E-state index in [1.54, 1.807) is 0 Å². The molecule has 6 aromatic carbocycles. The van der Waals surface area contributed by atoms with Crippen molar-refractivity contribution in [2.75, 3.05) is 0 Å². The molecule has 2 aromatic heterocycles. The molecule has 0 spiro atoms. The molecule has 40 heavy (non-hydrogen) atoms. The molecule has 2 bridgehead atoms. The van der Waals surface area contributed by atoms with Crippen LogP contribution < -0.4 is 0 Å². The summed E-state index contributed by atoms with van der Waals surface area (Å²) in [6.45, 7) is 0. The lowest BCUT2D eigenvalue weighted by molar-refractivity contribution is 0.761. The van der Waals surface area contributed by atoms with Crippen LogP contribution in [0.3, 0.4) is 0 Å². The molecule has 1 nitrogen and oxygen atoms in total. The molecule has 0 unspecified atom stereocenters. The zero-order valence-electron chi connectivity index (χ0n) is 21.6. The molecule has 8 aromatic rings. The van der Waals surface area contributed by atoms with Gasteiger partial charge in [-0.1, -0.05) is 91.0 Å². The second-order valence-electron chi connectivity index (χ2n) is 11.2. The van der Waals surface area contributed by atoms with Crippen LogP contribution in [0.15, 0.2) is 127 Å². The number of rotatable bonds is 1. The Hall–Kier alpha value is -4.66. The minimum atomic E-state index is 0.249. The van der Waals surface area contributed by atoms with Crippen LogP contribution >= 0.6 is 11.3 Å². The molecule has 0 fully saturated rings. The number of aromatic nitrogens is 1. The fourth-order valence-electron chi connectivity index (χ4n) is 7.85. The van der Waals surface area contributed by atoms with E-state index < -0.39 is 0 Å². The van der Waals surface area contributed by atoms with Crippen LogP contribution in [0.25, 0.3) is 47.7 Å². The molecule has 3 aliphatic carbocycles. The molecule has 0 radical (unpaired) electrons. The molecule has 0 saturated heterocycles. The van der Waals surface area contributed by atoms with E-state index in [0.717, 1.165) is 0 Å². The van der Waals surface area contributed by atoms with Crippen molar-refractivity contribution in [3.63, 3.8) is 0 Å². The lowest BCUT2D eigenvalue weighted by Crippen LogP contribution is -2.27. The monoisotopic (exact) mass is 525 g/mol. The van der Waals surface area contributed by atoms with Crippen molar-refractivity contribution in [2.45, 2.75) is 11.8 Å². The summed E-state index contributed by atoms with van der Waals surface area (Å²) in [5.74, 6) is 0.533. The first kappa shape index (κ1) is 21.2. The van der Waals surface area contributed by atoms with Gasteiger partial charge in [0.2, 0.25) is 0 Å². The van der Waals surface area contributed by atoms with E-state index in [-0.39, 0.29) is 11.8 Å². The van der Waals surface area contributed by atoms with Crippen LogP contribution in [0.5, 0.6) is 0 Å².